The quantitative estimate of drug-likeness (QED) is 0.747. The monoisotopic (exact) mass is 403 g/mol. The summed E-state index contributed by atoms with van der Waals surface area (Å²) in [6.45, 7) is 1.99. The van der Waals surface area contributed by atoms with Crippen molar-refractivity contribution in [2.75, 3.05) is 20.2 Å². The van der Waals surface area contributed by atoms with Crippen molar-refractivity contribution >= 4 is 21.8 Å². The van der Waals surface area contributed by atoms with E-state index in [1.54, 1.807) is 7.11 Å². The Labute approximate surface area is 156 Å². The Morgan fingerprint density at radius 3 is 2.56 bits per heavy atom. The number of rotatable bonds is 5. The van der Waals surface area contributed by atoms with Crippen molar-refractivity contribution in [2.45, 2.75) is 25.6 Å². The van der Waals surface area contributed by atoms with E-state index in [0.29, 0.717) is 18.7 Å². The molecule has 0 saturated carbocycles. The molecule has 132 valence electrons. The molecule has 0 N–H and O–H groups in total. The highest BCUT2D eigenvalue weighted by molar-refractivity contribution is 9.10. The minimum Gasteiger partial charge on any atom is -0.497 e. The summed E-state index contributed by atoms with van der Waals surface area (Å²) in [5.41, 5.74) is 1.83. The van der Waals surface area contributed by atoms with Gasteiger partial charge in [0, 0.05) is 23.1 Å². The molecule has 2 aromatic rings. The Kier molecular flexibility index (Phi) is 6.10. The molecule has 5 heteroatoms. The van der Waals surface area contributed by atoms with Crippen molar-refractivity contribution in [2.24, 2.45) is 0 Å². The predicted molar refractivity (Wildman–Crippen MR) is 101 cm³/mol. The highest BCUT2D eigenvalue weighted by atomic mass is 79.9. The Hall–Kier alpha value is -1.85. The summed E-state index contributed by atoms with van der Waals surface area (Å²) in [7, 11) is 1.62. The van der Waals surface area contributed by atoms with Gasteiger partial charge in [0.15, 0.2) is 0 Å². The van der Waals surface area contributed by atoms with Crippen molar-refractivity contribution in [3.63, 3.8) is 0 Å². The van der Waals surface area contributed by atoms with E-state index in [1.807, 2.05) is 53.4 Å². The van der Waals surface area contributed by atoms with Crippen LogP contribution in [0.5, 0.6) is 5.75 Å². The third-order valence-electron chi connectivity index (χ3n) is 4.40. The van der Waals surface area contributed by atoms with Crippen molar-refractivity contribution in [3.05, 3.63) is 64.1 Å². The third-order valence-corrected chi connectivity index (χ3v) is 4.93. The third kappa shape index (κ3) is 4.83. The zero-order valence-electron chi connectivity index (χ0n) is 14.3. The van der Waals surface area contributed by atoms with E-state index in [1.165, 1.54) is 0 Å². The number of hydrogen-bond acceptors (Lipinski definition) is 3. The number of carbonyl (C=O) groups is 1. The lowest BCUT2D eigenvalue weighted by atomic mass is 10.1. The molecule has 0 aliphatic carbocycles. The summed E-state index contributed by atoms with van der Waals surface area (Å²) < 4.78 is 12.2. The van der Waals surface area contributed by atoms with E-state index >= 15 is 0 Å². The lowest BCUT2D eigenvalue weighted by Crippen LogP contribution is -2.43. The average Bonchev–Trinajstić information content (AvgIpc) is 2.67. The molecule has 1 aliphatic heterocycles. The number of ether oxygens (including phenoxy) is 2. The number of nitrogens with zero attached hydrogens (tertiary/aromatic N) is 1. The van der Waals surface area contributed by atoms with E-state index < -0.39 is 0 Å². The van der Waals surface area contributed by atoms with Crippen molar-refractivity contribution in [3.8, 4) is 5.75 Å². The fraction of sp³-hybridized carbons (Fsp3) is 0.350. The fourth-order valence-corrected chi connectivity index (χ4v) is 3.23. The molecule has 1 atom stereocenters. The molecule has 3 rings (SSSR count). The second-order valence-corrected chi connectivity index (χ2v) is 7.10. The summed E-state index contributed by atoms with van der Waals surface area (Å²) in [5, 5.41) is 0. The van der Waals surface area contributed by atoms with Crippen LogP contribution in [0.3, 0.4) is 0 Å². The molecule has 4 nitrogen and oxygen atoms in total. The molecular formula is C20H22BrNO3. The number of halogens is 1. The van der Waals surface area contributed by atoms with Gasteiger partial charge in [-0.15, -0.1) is 0 Å². The molecule has 0 bridgehead atoms. The molecule has 0 aromatic heterocycles. The van der Waals surface area contributed by atoms with Crippen molar-refractivity contribution < 1.29 is 14.3 Å². The topological polar surface area (TPSA) is 38.8 Å². The number of carbonyl (C=O) groups excluding carboxylic acids is 1. The predicted octanol–water partition coefficient (Wildman–Crippen LogP) is 4.28. The molecule has 1 amide bonds. The van der Waals surface area contributed by atoms with Crippen LogP contribution in [0.4, 0.5) is 0 Å². The van der Waals surface area contributed by atoms with E-state index in [2.05, 4.69) is 15.9 Å². The number of piperidine rings is 1. The first-order chi connectivity index (χ1) is 12.2. The SMILES string of the molecule is COc1ccc(C(=O)N2CCC[C@@H](OCc3ccc(Br)cc3)C2)cc1. The lowest BCUT2D eigenvalue weighted by Gasteiger charge is -2.32. The largest absolute Gasteiger partial charge is 0.497 e. The summed E-state index contributed by atoms with van der Waals surface area (Å²) in [5.74, 6) is 0.811. The zero-order chi connectivity index (χ0) is 17.6. The Bertz CT molecular complexity index is 700. The standard InChI is InChI=1S/C20H22BrNO3/c1-24-18-10-6-16(7-11-18)20(23)22-12-2-3-19(13-22)25-14-15-4-8-17(21)9-5-15/h4-11,19H,2-3,12-14H2,1H3/t19-/m1/s1. The Morgan fingerprint density at radius 2 is 1.88 bits per heavy atom. The maximum atomic E-state index is 12.7. The van der Waals surface area contributed by atoms with E-state index in [-0.39, 0.29) is 12.0 Å². The number of benzene rings is 2. The molecule has 2 aromatic carbocycles. The fourth-order valence-electron chi connectivity index (χ4n) is 2.97. The van der Waals surface area contributed by atoms with Crippen LogP contribution >= 0.6 is 15.9 Å². The minimum absolute atomic E-state index is 0.0552. The van der Waals surface area contributed by atoms with Crippen LogP contribution in [0, 0.1) is 0 Å². The Balaban J connectivity index is 1.56. The molecule has 1 fully saturated rings. The van der Waals surface area contributed by atoms with E-state index in [4.69, 9.17) is 9.47 Å². The smallest absolute Gasteiger partial charge is 0.253 e. The number of amides is 1. The first-order valence-electron chi connectivity index (χ1n) is 8.45. The highest BCUT2D eigenvalue weighted by Crippen LogP contribution is 2.19. The van der Waals surface area contributed by atoms with Crippen LogP contribution in [0.25, 0.3) is 0 Å². The van der Waals surface area contributed by atoms with Gasteiger partial charge in [-0.25, -0.2) is 0 Å². The maximum Gasteiger partial charge on any atom is 0.253 e. The summed E-state index contributed by atoms with van der Waals surface area (Å²) in [6.07, 6.45) is 2.04. The van der Waals surface area contributed by atoms with E-state index in [0.717, 1.165) is 35.2 Å². The zero-order valence-corrected chi connectivity index (χ0v) is 15.9. The first kappa shape index (κ1) is 18.0. The van der Waals surface area contributed by atoms with Gasteiger partial charge >= 0.3 is 0 Å². The minimum atomic E-state index is 0.0552. The van der Waals surface area contributed by atoms with Gasteiger partial charge in [-0.1, -0.05) is 28.1 Å². The van der Waals surface area contributed by atoms with Gasteiger partial charge in [0.25, 0.3) is 5.91 Å². The van der Waals surface area contributed by atoms with Crippen LogP contribution in [-0.4, -0.2) is 37.1 Å². The number of likely N-dealkylation sites (tertiary alicyclic amines) is 1. The molecule has 0 unspecified atom stereocenters. The van der Waals surface area contributed by atoms with Crippen LogP contribution in [0.15, 0.2) is 53.0 Å². The number of hydrogen-bond donors (Lipinski definition) is 0. The molecule has 0 radical (unpaired) electrons. The second kappa shape index (κ2) is 8.50. The van der Waals surface area contributed by atoms with Crippen LogP contribution in [0.1, 0.15) is 28.8 Å². The van der Waals surface area contributed by atoms with Gasteiger partial charge in [-0.05, 0) is 54.8 Å². The molecule has 1 heterocycles. The summed E-state index contributed by atoms with van der Waals surface area (Å²) >= 11 is 3.44. The van der Waals surface area contributed by atoms with Gasteiger partial charge in [0.1, 0.15) is 5.75 Å². The lowest BCUT2D eigenvalue weighted by molar-refractivity contribution is -0.00673. The molecule has 25 heavy (non-hydrogen) atoms. The normalized spacial score (nSPS) is 17.4. The van der Waals surface area contributed by atoms with Gasteiger partial charge in [0.2, 0.25) is 0 Å². The van der Waals surface area contributed by atoms with Crippen LogP contribution in [0.2, 0.25) is 0 Å². The Morgan fingerprint density at radius 1 is 1.16 bits per heavy atom. The van der Waals surface area contributed by atoms with Gasteiger partial charge in [-0.3, -0.25) is 4.79 Å². The van der Waals surface area contributed by atoms with Crippen molar-refractivity contribution in [1.82, 2.24) is 4.90 Å². The maximum absolute atomic E-state index is 12.7. The van der Waals surface area contributed by atoms with E-state index in [9.17, 15) is 4.79 Å². The summed E-state index contributed by atoms with van der Waals surface area (Å²) in [4.78, 5) is 14.6. The van der Waals surface area contributed by atoms with Crippen molar-refractivity contribution in [1.29, 1.82) is 0 Å². The second-order valence-electron chi connectivity index (χ2n) is 6.18. The van der Waals surface area contributed by atoms with Crippen LogP contribution < -0.4 is 4.74 Å². The molecule has 0 spiro atoms. The van der Waals surface area contributed by atoms with Gasteiger partial charge in [-0.2, -0.15) is 0 Å². The number of methoxy groups -OCH3 is 1. The van der Waals surface area contributed by atoms with Gasteiger partial charge in [0.05, 0.1) is 19.8 Å². The molecular weight excluding hydrogens is 382 g/mol. The first-order valence-corrected chi connectivity index (χ1v) is 9.24. The average molecular weight is 404 g/mol. The van der Waals surface area contributed by atoms with Gasteiger partial charge < -0.3 is 14.4 Å². The van der Waals surface area contributed by atoms with Crippen LogP contribution in [-0.2, 0) is 11.3 Å². The highest BCUT2D eigenvalue weighted by Gasteiger charge is 2.25. The summed E-state index contributed by atoms with van der Waals surface area (Å²) in [6, 6.07) is 15.4. The molecule has 1 saturated heterocycles. The molecule has 1 aliphatic rings.